The highest BCUT2D eigenvalue weighted by molar-refractivity contribution is 5.93. The van der Waals surface area contributed by atoms with Gasteiger partial charge in [0.2, 0.25) is 11.9 Å². The number of nitrogens with one attached hydrogen (secondary N) is 1. The maximum absolute atomic E-state index is 12.5. The van der Waals surface area contributed by atoms with Gasteiger partial charge in [-0.05, 0) is 38.1 Å². The zero-order chi connectivity index (χ0) is 20.8. The molecule has 5 rings (SSSR count). The van der Waals surface area contributed by atoms with Gasteiger partial charge < -0.3 is 4.52 Å². The fraction of sp³-hybridized carbons (Fsp3) is 0.190. The second kappa shape index (κ2) is 6.80. The fourth-order valence-electron chi connectivity index (χ4n) is 3.66. The van der Waals surface area contributed by atoms with E-state index in [1.54, 1.807) is 4.52 Å². The molecule has 0 fully saturated rings. The van der Waals surface area contributed by atoms with E-state index in [0.717, 1.165) is 27.9 Å². The van der Waals surface area contributed by atoms with Crippen molar-refractivity contribution < 1.29 is 9.32 Å². The molecular weight excluding hydrogens is 382 g/mol. The van der Waals surface area contributed by atoms with Gasteiger partial charge in [0.05, 0.1) is 12.1 Å². The van der Waals surface area contributed by atoms with E-state index in [9.17, 15) is 4.79 Å². The van der Waals surface area contributed by atoms with Gasteiger partial charge in [0, 0.05) is 35.5 Å². The molecule has 0 aliphatic carbocycles. The second-order valence-corrected chi connectivity index (χ2v) is 7.18. The van der Waals surface area contributed by atoms with Gasteiger partial charge in [-0.1, -0.05) is 17.3 Å². The number of rotatable bonds is 4. The maximum atomic E-state index is 12.5. The molecule has 9 heteroatoms. The molecule has 30 heavy (non-hydrogen) atoms. The van der Waals surface area contributed by atoms with E-state index >= 15 is 0 Å². The lowest BCUT2D eigenvalue weighted by Gasteiger charge is -2.02. The van der Waals surface area contributed by atoms with Gasteiger partial charge in [-0.15, -0.1) is 5.10 Å². The van der Waals surface area contributed by atoms with Crippen molar-refractivity contribution in [1.82, 2.24) is 29.5 Å². The number of benzene rings is 1. The average Bonchev–Trinajstić information content (AvgIpc) is 3.37. The van der Waals surface area contributed by atoms with Crippen LogP contribution in [0.2, 0.25) is 0 Å². The highest BCUT2D eigenvalue weighted by atomic mass is 16.5. The van der Waals surface area contributed by atoms with E-state index in [1.165, 1.54) is 0 Å². The number of pyridine rings is 1. The first-order valence-corrected chi connectivity index (χ1v) is 9.50. The van der Waals surface area contributed by atoms with Crippen LogP contribution in [-0.2, 0) is 18.3 Å². The van der Waals surface area contributed by atoms with Crippen LogP contribution in [0.1, 0.15) is 17.1 Å². The average molecular weight is 401 g/mol. The van der Waals surface area contributed by atoms with Crippen molar-refractivity contribution in [2.75, 3.05) is 5.32 Å². The van der Waals surface area contributed by atoms with E-state index in [4.69, 9.17) is 4.52 Å². The number of aromatic nitrogens is 6. The summed E-state index contributed by atoms with van der Waals surface area (Å²) >= 11 is 0. The summed E-state index contributed by atoms with van der Waals surface area (Å²) in [6, 6.07) is 11.3. The van der Waals surface area contributed by atoms with Crippen LogP contribution in [0, 0.1) is 13.8 Å². The summed E-state index contributed by atoms with van der Waals surface area (Å²) in [6.45, 7) is 4.01. The van der Waals surface area contributed by atoms with Gasteiger partial charge in [-0.3, -0.25) is 14.8 Å². The lowest BCUT2D eigenvalue weighted by Crippen LogP contribution is -2.15. The highest BCUT2D eigenvalue weighted by Gasteiger charge is 2.16. The smallest absolute Gasteiger partial charge is 0.249 e. The molecular formula is C21H19N7O2. The van der Waals surface area contributed by atoms with E-state index in [1.807, 2.05) is 68.2 Å². The predicted molar refractivity (Wildman–Crippen MR) is 111 cm³/mol. The van der Waals surface area contributed by atoms with Gasteiger partial charge in [0.1, 0.15) is 5.69 Å². The van der Waals surface area contributed by atoms with Crippen LogP contribution in [0.5, 0.6) is 0 Å². The number of carbonyl (C=O) groups excluding carboxylic acids is 1. The second-order valence-electron chi connectivity index (χ2n) is 7.18. The summed E-state index contributed by atoms with van der Waals surface area (Å²) in [4.78, 5) is 16.9. The standard InChI is InChI=1S/C21H19N7O2/c1-12-20(13(2)27(3)24-12)14-8-9-18-22-21(25-28(18)11-14)23-19(29)10-16-15-6-4-5-7-17(15)30-26-16/h4-9,11H,10H2,1-3H3,(H,23,25,29). The molecule has 0 saturated heterocycles. The number of nitrogens with zero attached hydrogens (tertiary/aromatic N) is 6. The molecule has 0 radical (unpaired) electrons. The van der Waals surface area contributed by atoms with Crippen molar-refractivity contribution in [1.29, 1.82) is 0 Å². The molecule has 0 bridgehead atoms. The molecule has 4 aromatic heterocycles. The minimum atomic E-state index is -0.260. The first-order chi connectivity index (χ1) is 14.5. The number of anilines is 1. The number of fused-ring (bicyclic) bond motifs is 2. The van der Waals surface area contributed by atoms with Crippen LogP contribution in [0.25, 0.3) is 27.7 Å². The zero-order valence-corrected chi connectivity index (χ0v) is 16.7. The summed E-state index contributed by atoms with van der Waals surface area (Å²) in [6.07, 6.45) is 1.96. The molecule has 0 saturated carbocycles. The van der Waals surface area contributed by atoms with Crippen LogP contribution in [0.3, 0.4) is 0 Å². The topological polar surface area (TPSA) is 103 Å². The van der Waals surface area contributed by atoms with Crippen LogP contribution in [0.4, 0.5) is 5.95 Å². The molecule has 0 spiro atoms. The lowest BCUT2D eigenvalue weighted by molar-refractivity contribution is -0.115. The minimum absolute atomic E-state index is 0.0753. The monoisotopic (exact) mass is 401 g/mol. The van der Waals surface area contributed by atoms with Crippen molar-refractivity contribution in [2.24, 2.45) is 7.05 Å². The number of carbonyl (C=O) groups is 1. The Labute approximate surface area is 171 Å². The van der Waals surface area contributed by atoms with E-state index in [0.29, 0.717) is 16.9 Å². The van der Waals surface area contributed by atoms with Gasteiger partial charge in [-0.2, -0.15) is 10.1 Å². The van der Waals surface area contributed by atoms with Gasteiger partial charge >= 0.3 is 0 Å². The van der Waals surface area contributed by atoms with Crippen molar-refractivity contribution >= 4 is 28.5 Å². The maximum Gasteiger partial charge on any atom is 0.249 e. The summed E-state index contributed by atoms with van der Waals surface area (Å²) < 4.78 is 8.76. The summed E-state index contributed by atoms with van der Waals surface area (Å²) in [7, 11) is 1.92. The van der Waals surface area contributed by atoms with Crippen molar-refractivity contribution in [3.63, 3.8) is 0 Å². The van der Waals surface area contributed by atoms with Crippen LogP contribution < -0.4 is 5.32 Å². The minimum Gasteiger partial charge on any atom is -0.356 e. The zero-order valence-electron chi connectivity index (χ0n) is 16.7. The normalized spacial score (nSPS) is 11.4. The molecule has 0 atom stereocenters. The molecule has 0 aliphatic rings. The molecule has 1 N–H and O–H groups in total. The Hall–Kier alpha value is -4.01. The van der Waals surface area contributed by atoms with Gasteiger partial charge in [0.25, 0.3) is 0 Å². The van der Waals surface area contributed by atoms with Crippen molar-refractivity contribution in [2.45, 2.75) is 20.3 Å². The molecule has 9 nitrogen and oxygen atoms in total. The fourth-order valence-corrected chi connectivity index (χ4v) is 3.66. The third-order valence-corrected chi connectivity index (χ3v) is 5.16. The Kier molecular flexibility index (Phi) is 4.09. The summed E-state index contributed by atoms with van der Waals surface area (Å²) in [5, 5.41) is 16.4. The molecule has 4 heterocycles. The highest BCUT2D eigenvalue weighted by Crippen LogP contribution is 2.26. The molecule has 150 valence electrons. The molecule has 1 amide bonds. The Morgan fingerprint density at radius 3 is 2.77 bits per heavy atom. The summed E-state index contributed by atoms with van der Waals surface area (Å²) in [5.74, 6) is -0.0197. The SMILES string of the molecule is Cc1nn(C)c(C)c1-c1ccc2nc(NC(=O)Cc3noc4ccccc34)nn2c1. The third-order valence-electron chi connectivity index (χ3n) is 5.16. The Balaban J connectivity index is 1.39. The van der Waals surface area contributed by atoms with E-state index in [-0.39, 0.29) is 18.3 Å². The molecule has 1 aromatic carbocycles. The lowest BCUT2D eigenvalue weighted by atomic mass is 10.1. The predicted octanol–water partition coefficient (Wildman–Crippen LogP) is 3.07. The molecule has 0 unspecified atom stereocenters. The Morgan fingerprint density at radius 1 is 1.13 bits per heavy atom. The third kappa shape index (κ3) is 3.00. The van der Waals surface area contributed by atoms with Crippen molar-refractivity contribution in [3.8, 4) is 11.1 Å². The Bertz CT molecular complexity index is 1410. The molecule has 5 aromatic rings. The quantitative estimate of drug-likeness (QED) is 0.496. The number of hydrogen-bond acceptors (Lipinski definition) is 6. The number of hydrogen-bond donors (Lipinski definition) is 1. The Morgan fingerprint density at radius 2 is 1.97 bits per heavy atom. The van der Waals surface area contributed by atoms with Crippen LogP contribution in [-0.4, -0.2) is 35.4 Å². The summed E-state index contributed by atoms with van der Waals surface area (Å²) in [5.41, 5.74) is 5.94. The van der Waals surface area contributed by atoms with Crippen molar-refractivity contribution in [3.05, 3.63) is 59.7 Å². The van der Waals surface area contributed by atoms with Gasteiger partial charge in [-0.25, -0.2) is 4.52 Å². The number of para-hydroxylation sites is 1. The number of amides is 1. The van der Waals surface area contributed by atoms with Crippen LogP contribution in [0.15, 0.2) is 47.1 Å². The number of aryl methyl sites for hydroxylation is 2. The first-order valence-electron chi connectivity index (χ1n) is 9.50. The van der Waals surface area contributed by atoms with E-state index < -0.39 is 0 Å². The van der Waals surface area contributed by atoms with E-state index in [2.05, 4.69) is 25.7 Å². The van der Waals surface area contributed by atoms with Crippen LogP contribution >= 0.6 is 0 Å². The first kappa shape index (κ1) is 18.0. The van der Waals surface area contributed by atoms with Gasteiger partial charge in [0.15, 0.2) is 11.2 Å². The largest absolute Gasteiger partial charge is 0.356 e. The molecule has 0 aliphatic heterocycles.